The zero-order valence-electron chi connectivity index (χ0n) is 11.9. The Labute approximate surface area is 119 Å². The van der Waals surface area contributed by atoms with E-state index in [2.05, 4.69) is 16.0 Å². The molecule has 1 saturated carbocycles. The van der Waals surface area contributed by atoms with Crippen LogP contribution in [0.2, 0.25) is 0 Å². The van der Waals surface area contributed by atoms with Gasteiger partial charge >= 0.3 is 0 Å². The number of benzene rings is 1. The first-order valence-electron chi connectivity index (χ1n) is 7.06. The van der Waals surface area contributed by atoms with Gasteiger partial charge < -0.3 is 16.0 Å². The lowest BCUT2D eigenvalue weighted by molar-refractivity contribution is -0.122. The number of carbonyl (C=O) groups excluding carboxylic acids is 2. The largest absolute Gasteiger partial charge is 0.385 e. The molecule has 0 aromatic heterocycles. The third-order valence-corrected chi connectivity index (χ3v) is 3.20. The summed E-state index contributed by atoms with van der Waals surface area (Å²) in [4.78, 5) is 24.1. The normalized spacial score (nSPS) is 15.3. The number of amides is 2. The van der Waals surface area contributed by atoms with E-state index in [-0.39, 0.29) is 11.8 Å². The van der Waals surface area contributed by atoms with Crippen molar-refractivity contribution in [3.8, 4) is 0 Å². The molecule has 0 saturated heterocycles. The number of hydrogen-bond acceptors (Lipinski definition) is 3. The van der Waals surface area contributed by atoms with Gasteiger partial charge in [-0.15, -0.1) is 0 Å². The minimum Gasteiger partial charge on any atom is -0.385 e. The van der Waals surface area contributed by atoms with Crippen molar-refractivity contribution in [3.63, 3.8) is 0 Å². The summed E-state index contributed by atoms with van der Waals surface area (Å²) in [6.45, 7) is 4.41. The van der Waals surface area contributed by atoms with Gasteiger partial charge in [0.15, 0.2) is 0 Å². The smallest absolute Gasteiger partial charge is 0.254 e. The number of carbonyl (C=O) groups is 2. The highest BCUT2D eigenvalue weighted by molar-refractivity contribution is 6.01. The predicted octanol–water partition coefficient (Wildman–Crippen LogP) is 1.52. The Bertz CT molecular complexity index is 498. The fraction of sp³-hybridized carbons (Fsp3) is 0.467. The highest BCUT2D eigenvalue weighted by atomic mass is 16.2. The Morgan fingerprint density at radius 1 is 1.30 bits per heavy atom. The first-order valence-corrected chi connectivity index (χ1v) is 7.06. The topological polar surface area (TPSA) is 70.2 Å². The monoisotopic (exact) mass is 275 g/mol. The molecule has 2 rings (SSSR count). The van der Waals surface area contributed by atoms with Crippen molar-refractivity contribution in [1.29, 1.82) is 0 Å². The molecule has 5 heteroatoms. The molecule has 1 aromatic carbocycles. The van der Waals surface area contributed by atoms with Crippen molar-refractivity contribution in [2.24, 2.45) is 0 Å². The summed E-state index contributed by atoms with van der Waals surface area (Å²) in [5, 5.41) is 8.76. The predicted molar refractivity (Wildman–Crippen MR) is 78.7 cm³/mol. The maximum Gasteiger partial charge on any atom is 0.254 e. The van der Waals surface area contributed by atoms with Crippen LogP contribution in [0, 0.1) is 0 Å². The number of para-hydroxylation sites is 1. The zero-order valence-corrected chi connectivity index (χ0v) is 11.9. The molecule has 5 nitrogen and oxygen atoms in total. The summed E-state index contributed by atoms with van der Waals surface area (Å²) in [5.41, 5.74) is 1.34. The Morgan fingerprint density at radius 2 is 2.00 bits per heavy atom. The van der Waals surface area contributed by atoms with E-state index in [1.54, 1.807) is 13.0 Å². The van der Waals surface area contributed by atoms with Crippen molar-refractivity contribution in [2.45, 2.75) is 38.8 Å². The number of rotatable bonds is 6. The lowest BCUT2D eigenvalue weighted by atomic mass is 10.1. The summed E-state index contributed by atoms with van der Waals surface area (Å²) < 4.78 is 0. The molecule has 1 aliphatic carbocycles. The molecule has 1 unspecified atom stereocenters. The van der Waals surface area contributed by atoms with E-state index in [4.69, 9.17) is 0 Å². The van der Waals surface area contributed by atoms with E-state index >= 15 is 0 Å². The summed E-state index contributed by atoms with van der Waals surface area (Å²) in [6, 6.07) is 7.06. The van der Waals surface area contributed by atoms with Crippen molar-refractivity contribution in [2.75, 3.05) is 11.9 Å². The molecule has 1 fully saturated rings. The van der Waals surface area contributed by atoms with Crippen LogP contribution in [0.1, 0.15) is 37.0 Å². The van der Waals surface area contributed by atoms with E-state index in [1.807, 2.05) is 25.1 Å². The molecule has 0 aliphatic heterocycles. The van der Waals surface area contributed by atoms with E-state index in [0.717, 1.165) is 25.1 Å². The fourth-order valence-corrected chi connectivity index (χ4v) is 1.92. The van der Waals surface area contributed by atoms with Crippen LogP contribution in [0.4, 0.5) is 5.69 Å². The van der Waals surface area contributed by atoms with Gasteiger partial charge in [0.05, 0.1) is 5.56 Å². The lowest BCUT2D eigenvalue weighted by Crippen LogP contribution is -2.45. The summed E-state index contributed by atoms with van der Waals surface area (Å²) in [7, 11) is 0. The number of anilines is 1. The van der Waals surface area contributed by atoms with Gasteiger partial charge in [-0.05, 0) is 38.8 Å². The first-order chi connectivity index (χ1) is 9.61. The zero-order chi connectivity index (χ0) is 14.5. The first kappa shape index (κ1) is 14.4. The molecule has 3 N–H and O–H groups in total. The minimum atomic E-state index is -0.530. The quantitative estimate of drug-likeness (QED) is 0.737. The molecule has 20 heavy (non-hydrogen) atoms. The van der Waals surface area contributed by atoms with Crippen molar-refractivity contribution >= 4 is 17.5 Å². The maximum atomic E-state index is 12.2. The molecule has 1 aliphatic rings. The molecular weight excluding hydrogens is 254 g/mol. The van der Waals surface area contributed by atoms with E-state index in [9.17, 15) is 9.59 Å². The minimum absolute atomic E-state index is 0.123. The van der Waals surface area contributed by atoms with Gasteiger partial charge in [0.25, 0.3) is 5.91 Å². The Balaban J connectivity index is 1.98. The average Bonchev–Trinajstić information content (AvgIpc) is 3.23. The van der Waals surface area contributed by atoms with Crippen LogP contribution in [0.15, 0.2) is 24.3 Å². The van der Waals surface area contributed by atoms with Crippen molar-refractivity contribution < 1.29 is 9.59 Å². The van der Waals surface area contributed by atoms with Gasteiger partial charge in [0.2, 0.25) is 5.91 Å². The van der Waals surface area contributed by atoms with Gasteiger partial charge in [0.1, 0.15) is 6.04 Å². The molecular formula is C15H21N3O2. The van der Waals surface area contributed by atoms with Crippen LogP contribution in [0.25, 0.3) is 0 Å². The Kier molecular flexibility index (Phi) is 4.61. The SMILES string of the molecule is CCNc1ccccc1C(=O)NC(C)C(=O)NC1CC1. The second kappa shape index (κ2) is 6.41. The second-order valence-corrected chi connectivity index (χ2v) is 5.05. The van der Waals surface area contributed by atoms with Crippen LogP contribution >= 0.6 is 0 Å². The fourth-order valence-electron chi connectivity index (χ4n) is 1.92. The molecule has 0 bridgehead atoms. The maximum absolute atomic E-state index is 12.2. The van der Waals surface area contributed by atoms with Gasteiger partial charge in [-0.3, -0.25) is 9.59 Å². The molecule has 0 radical (unpaired) electrons. The molecule has 108 valence electrons. The van der Waals surface area contributed by atoms with E-state index < -0.39 is 6.04 Å². The lowest BCUT2D eigenvalue weighted by Gasteiger charge is -2.15. The third kappa shape index (κ3) is 3.73. The molecule has 0 spiro atoms. The molecule has 1 atom stereocenters. The van der Waals surface area contributed by atoms with Crippen molar-refractivity contribution in [3.05, 3.63) is 29.8 Å². The van der Waals surface area contributed by atoms with Gasteiger partial charge in [-0.1, -0.05) is 12.1 Å². The second-order valence-electron chi connectivity index (χ2n) is 5.05. The number of nitrogens with one attached hydrogen (secondary N) is 3. The van der Waals surface area contributed by atoms with Crippen LogP contribution < -0.4 is 16.0 Å². The van der Waals surface area contributed by atoms with Gasteiger partial charge in [0, 0.05) is 18.3 Å². The van der Waals surface area contributed by atoms with Crippen molar-refractivity contribution in [1.82, 2.24) is 10.6 Å². The van der Waals surface area contributed by atoms with Gasteiger partial charge in [-0.2, -0.15) is 0 Å². The van der Waals surface area contributed by atoms with Crippen LogP contribution in [0.3, 0.4) is 0 Å². The van der Waals surface area contributed by atoms with Gasteiger partial charge in [-0.25, -0.2) is 0 Å². The van der Waals surface area contributed by atoms with Crippen LogP contribution in [0.5, 0.6) is 0 Å². The summed E-state index contributed by atoms with van der Waals surface area (Å²) in [5.74, 6) is -0.359. The average molecular weight is 275 g/mol. The highest BCUT2D eigenvalue weighted by Gasteiger charge is 2.26. The Hall–Kier alpha value is -2.04. The summed E-state index contributed by atoms with van der Waals surface area (Å²) in [6.07, 6.45) is 2.07. The molecule has 2 amide bonds. The molecule has 0 heterocycles. The van der Waals surface area contributed by atoms with Crippen LogP contribution in [-0.4, -0.2) is 30.4 Å². The van der Waals surface area contributed by atoms with E-state index in [1.165, 1.54) is 0 Å². The third-order valence-electron chi connectivity index (χ3n) is 3.20. The standard InChI is InChI=1S/C15H21N3O2/c1-3-16-13-7-5-4-6-12(13)15(20)17-10(2)14(19)18-11-8-9-11/h4-7,10-11,16H,3,8-9H2,1-2H3,(H,17,20)(H,18,19). The van der Waals surface area contributed by atoms with E-state index in [0.29, 0.717) is 11.6 Å². The van der Waals surface area contributed by atoms with Crippen LogP contribution in [-0.2, 0) is 4.79 Å². The highest BCUT2D eigenvalue weighted by Crippen LogP contribution is 2.19. The Morgan fingerprint density at radius 3 is 2.65 bits per heavy atom. The molecule has 1 aromatic rings. The summed E-state index contributed by atoms with van der Waals surface area (Å²) >= 11 is 0. The number of hydrogen-bond donors (Lipinski definition) is 3.